The van der Waals surface area contributed by atoms with Crippen LogP contribution in [-0.4, -0.2) is 18.1 Å². The first-order valence-electron chi connectivity index (χ1n) is 7.17. The van der Waals surface area contributed by atoms with Gasteiger partial charge in [-0.1, -0.05) is 37.3 Å². The molecule has 0 bridgehead atoms. The first kappa shape index (κ1) is 14.4. The molecule has 0 aliphatic rings. The van der Waals surface area contributed by atoms with E-state index in [4.69, 9.17) is 4.98 Å². The van der Waals surface area contributed by atoms with E-state index in [-0.39, 0.29) is 0 Å². The largest absolute Gasteiger partial charge is 0.317 e. The number of thiazole rings is 1. The maximum Gasteiger partial charge on any atom is 0.125 e. The van der Waals surface area contributed by atoms with Gasteiger partial charge in [0.15, 0.2) is 0 Å². The zero-order valence-corrected chi connectivity index (χ0v) is 13.6. The van der Waals surface area contributed by atoms with Crippen LogP contribution in [0, 0.1) is 0 Å². The Morgan fingerprint density at radius 3 is 2.67 bits per heavy atom. The van der Waals surface area contributed by atoms with E-state index in [2.05, 4.69) is 53.3 Å². The Labute approximate surface area is 133 Å². The zero-order chi connectivity index (χ0) is 14.5. The molecule has 0 atom stereocenters. The maximum absolute atomic E-state index is 4.90. The average molecular weight is 314 g/mol. The van der Waals surface area contributed by atoms with Gasteiger partial charge in [-0.2, -0.15) is 11.3 Å². The molecule has 2 heterocycles. The van der Waals surface area contributed by atoms with Crippen LogP contribution in [0.1, 0.15) is 11.8 Å². The van der Waals surface area contributed by atoms with E-state index < -0.39 is 0 Å². The second-order valence-corrected chi connectivity index (χ2v) is 6.64. The predicted octanol–water partition coefficient (Wildman–Crippen LogP) is 4.69. The smallest absolute Gasteiger partial charge is 0.125 e. The summed E-state index contributed by atoms with van der Waals surface area (Å²) in [7, 11) is 0. The molecule has 21 heavy (non-hydrogen) atoms. The van der Waals surface area contributed by atoms with Gasteiger partial charge in [0.05, 0.1) is 5.69 Å². The van der Waals surface area contributed by atoms with Gasteiger partial charge in [0, 0.05) is 27.9 Å². The van der Waals surface area contributed by atoms with Crippen molar-refractivity contribution in [3.05, 3.63) is 52.0 Å². The predicted molar refractivity (Wildman–Crippen MR) is 93.1 cm³/mol. The summed E-state index contributed by atoms with van der Waals surface area (Å²) in [6.07, 6.45) is 1.03. The lowest BCUT2D eigenvalue weighted by Gasteiger charge is -2.03. The van der Waals surface area contributed by atoms with E-state index >= 15 is 0 Å². The van der Waals surface area contributed by atoms with Gasteiger partial charge in [-0.05, 0) is 24.4 Å². The third-order valence-electron chi connectivity index (χ3n) is 3.29. The normalized spacial score (nSPS) is 10.9. The highest BCUT2D eigenvalue weighted by atomic mass is 32.1. The number of hydrogen-bond donors (Lipinski definition) is 1. The summed E-state index contributed by atoms with van der Waals surface area (Å²) in [4.78, 5) is 6.26. The molecule has 0 radical (unpaired) electrons. The fourth-order valence-electron chi connectivity index (χ4n) is 2.23. The molecule has 108 valence electrons. The fraction of sp³-hybridized carbons (Fsp3) is 0.235. The second kappa shape index (κ2) is 6.98. The number of nitrogens with one attached hydrogen (secondary N) is 1. The minimum absolute atomic E-state index is 1.00. The Morgan fingerprint density at radius 1 is 1.10 bits per heavy atom. The van der Waals surface area contributed by atoms with Crippen LogP contribution in [0.15, 0.2) is 47.2 Å². The van der Waals surface area contributed by atoms with Crippen LogP contribution in [0.3, 0.4) is 0 Å². The third-order valence-corrected chi connectivity index (χ3v) is 5.14. The molecular formula is C17H18N2S2. The van der Waals surface area contributed by atoms with Crippen LogP contribution < -0.4 is 5.32 Å². The summed E-state index contributed by atoms with van der Waals surface area (Å²) in [5.74, 6) is 0. The molecule has 0 aliphatic carbocycles. The average Bonchev–Trinajstić information content (AvgIpc) is 3.18. The molecular weight excluding hydrogens is 296 g/mol. The van der Waals surface area contributed by atoms with Gasteiger partial charge < -0.3 is 5.32 Å². The van der Waals surface area contributed by atoms with Gasteiger partial charge in [-0.3, -0.25) is 0 Å². The molecule has 0 fully saturated rings. The van der Waals surface area contributed by atoms with Crippen LogP contribution in [0.25, 0.3) is 21.8 Å². The molecule has 0 unspecified atom stereocenters. The molecule has 0 amide bonds. The molecule has 1 aromatic carbocycles. The van der Waals surface area contributed by atoms with Crippen molar-refractivity contribution in [1.29, 1.82) is 0 Å². The van der Waals surface area contributed by atoms with Gasteiger partial charge in [0.25, 0.3) is 0 Å². The standard InChI is InChI=1S/C17H18N2S2/c1-2-18-10-8-15-16(13-6-4-3-5-7-13)19-17(21-15)14-9-11-20-12-14/h3-7,9,11-12,18H,2,8,10H2,1H3. The van der Waals surface area contributed by atoms with Crippen molar-refractivity contribution >= 4 is 22.7 Å². The maximum atomic E-state index is 4.90. The van der Waals surface area contributed by atoms with Crippen LogP contribution in [0.5, 0.6) is 0 Å². The lowest BCUT2D eigenvalue weighted by Crippen LogP contribution is -2.15. The van der Waals surface area contributed by atoms with E-state index in [0.29, 0.717) is 0 Å². The first-order valence-corrected chi connectivity index (χ1v) is 8.93. The van der Waals surface area contributed by atoms with Gasteiger partial charge in [-0.25, -0.2) is 4.98 Å². The Balaban J connectivity index is 1.96. The van der Waals surface area contributed by atoms with Crippen LogP contribution in [0.4, 0.5) is 0 Å². The van der Waals surface area contributed by atoms with Gasteiger partial charge in [0.2, 0.25) is 0 Å². The summed E-state index contributed by atoms with van der Waals surface area (Å²) in [6, 6.07) is 12.6. The number of thiophene rings is 1. The molecule has 0 saturated carbocycles. The zero-order valence-electron chi connectivity index (χ0n) is 12.0. The van der Waals surface area contributed by atoms with E-state index in [1.54, 1.807) is 11.3 Å². The highest BCUT2D eigenvalue weighted by molar-refractivity contribution is 7.16. The number of aromatic nitrogens is 1. The number of rotatable bonds is 6. The molecule has 0 spiro atoms. The van der Waals surface area contributed by atoms with Crippen molar-refractivity contribution in [2.24, 2.45) is 0 Å². The van der Waals surface area contributed by atoms with Crippen molar-refractivity contribution in [3.8, 4) is 21.8 Å². The summed E-state index contributed by atoms with van der Waals surface area (Å²) < 4.78 is 0. The van der Waals surface area contributed by atoms with Crippen molar-refractivity contribution in [3.63, 3.8) is 0 Å². The number of hydrogen-bond acceptors (Lipinski definition) is 4. The number of benzene rings is 1. The highest BCUT2D eigenvalue weighted by Crippen LogP contribution is 2.34. The van der Waals surface area contributed by atoms with Gasteiger partial charge >= 0.3 is 0 Å². The van der Waals surface area contributed by atoms with Gasteiger partial charge in [-0.15, -0.1) is 11.3 Å². The Kier molecular flexibility index (Phi) is 4.80. The Bertz CT molecular complexity index is 672. The molecule has 3 rings (SSSR count). The van der Waals surface area contributed by atoms with E-state index in [0.717, 1.165) is 30.2 Å². The van der Waals surface area contributed by atoms with Crippen LogP contribution in [-0.2, 0) is 6.42 Å². The van der Waals surface area contributed by atoms with Crippen LogP contribution >= 0.6 is 22.7 Å². The Hall–Kier alpha value is -1.49. The topological polar surface area (TPSA) is 24.9 Å². The highest BCUT2D eigenvalue weighted by Gasteiger charge is 2.14. The van der Waals surface area contributed by atoms with Crippen molar-refractivity contribution in [2.45, 2.75) is 13.3 Å². The molecule has 2 nitrogen and oxygen atoms in total. The summed E-state index contributed by atoms with van der Waals surface area (Å²) in [5, 5.41) is 8.80. The molecule has 0 saturated heterocycles. The van der Waals surface area contributed by atoms with Crippen molar-refractivity contribution in [1.82, 2.24) is 10.3 Å². The minimum Gasteiger partial charge on any atom is -0.317 e. The minimum atomic E-state index is 1.00. The molecule has 4 heteroatoms. The SMILES string of the molecule is CCNCCc1sc(-c2ccsc2)nc1-c1ccccc1. The Morgan fingerprint density at radius 2 is 1.95 bits per heavy atom. The number of nitrogens with zero attached hydrogens (tertiary/aromatic N) is 1. The summed E-state index contributed by atoms with van der Waals surface area (Å²) in [5.41, 5.74) is 3.58. The molecule has 2 aromatic heterocycles. The molecule has 0 aliphatic heterocycles. The van der Waals surface area contributed by atoms with E-state index in [1.807, 2.05) is 17.4 Å². The number of likely N-dealkylation sites (N-methyl/N-ethyl adjacent to an activating group) is 1. The lowest BCUT2D eigenvalue weighted by molar-refractivity contribution is 0.721. The van der Waals surface area contributed by atoms with E-state index in [1.165, 1.54) is 16.0 Å². The first-order chi connectivity index (χ1) is 10.4. The quantitative estimate of drug-likeness (QED) is 0.668. The van der Waals surface area contributed by atoms with Crippen molar-refractivity contribution in [2.75, 3.05) is 13.1 Å². The van der Waals surface area contributed by atoms with Crippen LogP contribution in [0.2, 0.25) is 0 Å². The van der Waals surface area contributed by atoms with E-state index in [9.17, 15) is 0 Å². The van der Waals surface area contributed by atoms with Gasteiger partial charge in [0.1, 0.15) is 5.01 Å². The third kappa shape index (κ3) is 3.40. The lowest BCUT2D eigenvalue weighted by atomic mass is 10.1. The fourth-order valence-corrected chi connectivity index (χ4v) is 4.03. The summed E-state index contributed by atoms with van der Waals surface area (Å²) in [6.45, 7) is 4.15. The monoisotopic (exact) mass is 314 g/mol. The molecule has 3 aromatic rings. The summed E-state index contributed by atoms with van der Waals surface area (Å²) >= 11 is 3.54. The van der Waals surface area contributed by atoms with Crippen molar-refractivity contribution < 1.29 is 0 Å². The second-order valence-electron chi connectivity index (χ2n) is 4.77. The molecule has 1 N–H and O–H groups in total.